The van der Waals surface area contributed by atoms with E-state index >= 15 is 0 Å². The zero-order valence-corrected chi connectivity index (χ0v) is 8.07. The van der Waals surface area contributed by atoms with Crippen LogP contribution in [0.25, 0.3) is 0 Å². The van der Waals surface area contributed by atoms with Gasteiger partial charge < -0.3 is 0 Å². The molecule has 70 valence electrons. The third-order valence-electron chi connectivity index (χ3n) is 2.11. The van der Waals surface area contributed by atoms with Gasteiger partial charge in [0.15, 0.2) is 5.41 Å². The number of aromatic nitrogens is 1. The van der Waals surface area contributed by atoms with Gasteiger partial charge in [0.2, 0.25) is 0 Å². The largest absolute Gasteiger partial charge is 0.258 e. The van der Waals surface area contributed by atoms with Crippen LogP contribution in [-0.2, 0) is 5.41 Å². The van der Waals surface area contributed by atoms with Crippen LogP contribution in [0.3, 0.4) is 0 Å². The summed E-state index contributed by atoms with van der Waals surface area (Å²) < 4.78 is 0. The zero-order chi connectivity index (χ0) is 10.4. The molecule has 1 aromatic rings. The molecule has 0 atom stereocenters. The van der Waals surface area contributed by atoms with Gasteiger partial charge in [0.1, 0.15) is 0 Å². The van der Waals surface area contributed by atoms with Gasteiger partial charge in [-0.15, -0.1) is 0 Å². The molecule has 0 N–H and O–H groups in total. The van der Waals surface area contributed by atoms with E-state index in [9.17, 15) is 0 Å². The molecule has 0 radical (unpaired) electrons. The lowest BCUT2D eigenvalue weighted by molar-refractivity contribution is 0.597. The summed E-state index contributed by atoms with van der Waals surface area (Å²) in [6, 6.07) is 9.41. The number of nitriles is 2. The molecule has 0 fully saturated rings. The Morgan fingerprint density at radius 3 is 2.50 bits per heavy atom. The monoisotopic (exact) mass is 185 g/mol. The number of hydrogen-bond donors (Lipinski definition) is 0. The number of hydrogen-bond acceptors (Lipinski definition) is 3. The average molecular weight is 185 g/mol. The highest BCUT2D eigenvalue weighted by molar-refractivity contribution is 5.35. The van der Waals surface area contributed by atoms with Crippen molar-refractivity contribution in [2.75, 3.05) is 0 Å². The molecule has 0 aliphatic rings. The molecule has 1 rings (SSSR count). The lowest BCUT2D eigenvalue weighted by Gasteiger charge is -2.16. The van der Waals surface area contributed by atoms with Crippen molar-refractivity contribution in [2.24, 2.45) is 0 Å². The maximum atomic E-state index is 9.05. The van der Waals surface area contributed by atoms with Gasteiger partial charge in [-0.3, -0.25) is 4.98 Å². The van der Waals surface area contributed by atoms with Crippen molar-refractivity contribution in [3.05, 3.63) is 30.1 Å². The number of nitrogens with zero attached hydrogens (tertiary/aromatic N) is 3. The van der Waals surface area contributed by atoms with E-state index in [0.717, 1.165) is 6.42 Å². The van der Waals surface area contributed by atoms with Gasteiger partial charge in [-0.1, -0.05) is 19.4 Å². The second-order valence-corrected chi connectivity index (χ2v) is 3.09. The van der Waals surface area contributed by atoms with E-state index in [2.05, 4.69) is 17.1 Å². The Kier molecular flexibility index (Phi) is 3.20. The van der Waals surface area contributed by atoms with Crippen LogP contribution in [0.2, 0.25) is 0 Å². The average Bonchev–Trinajstić information content (AvgIpc) is 2.27. The predicted molar refractivity (Wildman–Crippen MR) is 52.0 cm³/mol. The fraction of sp³-hybridized carbons (Fsp3) is 0.364. The Labute approximate surface area is 83.6 Å². The van der Waals surface area contributed by atoms with E-state index in [4.69, 9.17) is 10.5 Å². The maximum Gasteiger partial charge on any atom is 0.185 e. The van der Waals surface area contributed by atoms with Crippen LogP contribution in [0.4, 0.5) is 0 Å². The first kappa shape index (κ1) is 10.2. The summed E-state index contributed by atoms with van der Waals surface area (Å²) in [5.74, 6) is 0. The zero-order valence-electron chi connectivity index (χ0n) is 8.07. The van der Waals surface area contributed by atoms with Gasteiger partial charge in [-0.05, 0) is 18.6 Å². The smallest absolute Gasteiger partial charge is 0.185 e. The molecule has 14 heavy (non-hydrogen) atoms. The van der Waals surface area contributed by atoms with Crippen molar-refractivity contribution in [1.82, 2.24) is 4.98 Å². The molecule has 0 bridgehead atoms. The van der Waals surface area contributed by atoms with Gasteiger partial charge in [-0.25, -0.2) is 0 Å². The summed E-state index contributed by atoms with van der Waals surface area (Å²) in [6.07, 6.45) is 2.92. The lowest BCUT2D eigenvalue weighted by Crippen LogP contribution is -2.22. The van der Waals surface area contributed by atoms with Crippen LogP contribution in [0.5, 0.6) is 0 Å². The van der Waals surface area contributed by atoms with E-state index in [0.29, 0.717) is 12.1 Å². The van der Waals surface area contributed by atoms with Crippen LogP contribution in [0, 0.1) is 22.7 Å². The topological polar surface area (TPSA) is 60.5 Å². The van der Waals surface area contributed by atoms with Crippen molar-refractivity contribution in [3.8, 4) is 12.1 Å². The molecule has 0 aromatic carbocycles. The second-order valence-electron chi connectivity index (χ2n) is 3.09. The molecule has 0 amide bonds. The SMILES string of the molecule is CCCC(C#N)(C#N)c1ccccn1. The summed E-state index contributed by atoms with van der Waals surface area (Å²) in [6.45, 7) is 1.95. The molecule has 0 saturated heterocycles. The lowest BCUT2D eigenvalue weighted by atomic mass is 9.83. The molecule has 0 spiro atoms. The summed E-state index contributed by atoms with van der Waals surface area (Å²) in [5.41, 5.74) is -0.525. The Morgan fingerprint density at radius 1 is 1.36 bits per heavy atom. The van der Waals surface area contributed by atoms with Crippen LogP contribution >= 0.6 is 0 Å². The second kappa shape index (κ2) is 4.39. The van der Waals surface area contributed by atoms with Gasteiger partial charge >= 0.3 is 0 Å². The number of pyridine rings is 1. The van der Waals surface area contributed by atoms with Gasteiger partial charge in [0.05, 0.1) is 17.8 Å². The Hall–Kier alpha value is -1.87. The van der Waals surface area contributed by atoms with Crippen molar-refractivity contribution >= 4 is 0 Å². The molecule has 3 heteroatoms. The first-order valence-corrected chi connectivity index (χ1v) is 4.53. The molecule has 1 aromatic heterocycles. The van der Waals surface area contributed by atoms with Crippen LogP contribution in [-0.4, -0.2) is 4.98 Å². The van der Waals surface area contributed by atoms with Gasteiger partial charge in [-0.2, -0.15) is 10.5 Å². The van der Waals surface area contributed by atoms with E-state index in [1.165, 1.54) is 0 Å². The first-order valence-electron chi connectivity index (χ1n) is 4.53. The quantitative estimate of drug-likeness (QED) is 0.725. The Morgan fingerprint density at radius 2 is 2.07 bits per heavy atom. The summed E-state index contributed by atoms with van der Waals surface area (Å²) in [7, 11) is 0. The molecule has 0 aliphatic carbocycles. The fourth-order valence-corrected chi connectivity index (χ4v) is 1.37. The minimum atomic E-state index is -1.07. The summed E-state index contributed by atoms with van der Waals surface area (Å²) >= 11 is 0. The predicted octanol–water partition coefficient (Wildman–Crippen LogP) is 2.17. The highest BCUT2D eigenvalue weighted by atomic mass is 14.7. The van der Waals surface area contributed by atoms with Crippen LogP contribution < -0.4 is 0 Å². The molecular weight excluding hydrogens is 174 g/mol. The first-order chi connectivity index (χ1) is 6.79. The summed E-state index contributed by atoms with van der Waals surface area (Å²) in [5, 5.41) is 18.1. The molecule has 0 saturated carbocycles. The maximum absolute atomic E-state index is 9.05. The number of rotatable bonds is 3. The van der Waals surface area contributed by atoms with Crippen LogP contribution in [0.15, 0.2) is 24.4 Å². The minimum absolute atomic E-state index is 0.525. The van der Waals surface area contributed by atoms with Crippen molar-refractivity contribution in [2.45, 2.75) is 25.2 Å². The fourth-order valence-electron chi connectivity index (χ4n) is 1.37. The minimum Gasteiger partial charge on any atom is -0.258 e. The summed E-state index contributed by atoms with van der Waals surface area (Å²) in [4.78, 5) is 4.07. The molecule has 0 aliphatic heterocycles. The van der Waals surface area contributed by atoms with E-state index in [1.807, 2.05) is 6.92 Å². The van der Waals surface area contributed by atoms with E-state index in [-0.39, 0.29) is 0 Å². The van der Waals surface area contributed by atoms with Crippen molar-refractivity contribution in [3.63, 3.8) is 0 Å². The highest BCUT2D eigenvalue weighted by Gasteiger charge is 2.32. The van der Waals surface area contributed by atoms with Gasteiger partial charge in [0, 0.05) is 6.20 Å². The third-order valence-corrected chi connectivity index (χ3v) is 2.11. The third kappa shape index (κ3) is 1.72. The van der Waals surface area contributed by atoms with Crippen LogP contribution in [0.1, 0.15) is 25.5 Å². The van der Waals surface area contributed by atoms with Crippen molar-refractivity contribution < 1.29 is 0 Å². The molecular formula is C11H11N3. The van der Waals surface area contributed by atoms with E-state index < -0.39 is 5.41 Å². The molecule has 0 unspecified atom stereocenters. The Balaban J connectivity index is 3.14. The van der Waals surface area contributed by atoms with Crippen molar-refractivity contribution in [1.29, 1.82) is 10.5 Å². The Bertz CT molecular complexity index is 356. The van der Waals surface area contributed by atoms with Gasteiger partial charge in [0.25, 0.3) is 0 Å². The van der Waals surface area contributed by atoms with E-state index in [1.54, 1.807) is 24.4 Å². The highest BCUT2D eigenvalue weighted by Crippen LogP contribution is 2.25. The molecule has 3 nitrogen and oxygen atoms in total. The normalized spacial score (nSPS) is 10.2. The standard InChI is InChI=1S/C11H11N3/c1-2-6-11(8-12,9-13)10-5-3-4-7-14-10/h3-5,7H,2,6H2,1H3. The molecule has 1 heterocycles.